The molecule has 23 heavy (non-hydrogen) atoms. The van der Waals surface area contributed by atoms with Gasteiger partial charge in [-0.1, -0.05) is 19.9 Å². The molecule has 3 N–H and O–H groups in total. The number of carboxylic acids is 1. The maximum atomic E-state index is 12.4. The molecular weight excluding hydrogens is 298 g/mol. The molecule has 0 aromatic heterocycles. The fourth-order valence-corrected chi connectivity index (χ4v) is 2.60. The van der Waals surface area contributed by atoms with E-state index in [1.54, 1.807) is 43.9 Å². The van der Waals surface area contributed by atoms with Crippen molar-refractivity contribution in [1.82, 2.24) is 10.6 Å². The molecule has 7 heteroatoms. The molecule has 0 saturated carbocycles. The average molecular weight is 319 g/mol. The first-order valence-electron chi connectivity index (χ1n) is 7.51. The molecule has 0 unspecified atom stereocenters. The van der Waals surface area contributed by atoms with Crippen LogP contribution in [0.4, 0.5) is 10.5 Å². The van der Waals surface area contributed by atoms with Crippen molar-refractivity contribution >= 4 is 23.6 Å². The molecular formula is C16H21N3O4. The molecule has 3 amide bonds. The number of anilines is 1. The SMILES string of the molecule is Cc1c(C(=O)N[C@@H](C(=O)O)C(C)C)cccc1N1CCNC1=O. The number of carboxylic acid groups (broad SMARTS) is 1. The molecule has 1 aliphatic heterocycles. The Bertz CT molecular complexity index is 642. The van der Waals surface area contributed by atoms with E-state index in [9.17, 15) is 19.5 Å². The number of rotatable bonds is 5. The number of benzene rings is 1. The van der Waals surface area contributed by atoms with Gasteiger partial charge >= 0.3 is 12.0 Å². The van der Waals surface area contributed by atoms with Crippen molar-refractivity contribution in [1.29, 1.82) is 0 Å². The molecule has 124 valence electrons. The van der Waals surface area contributed by atoms with Gasteiger partial charge in [0, 0.05) is 24.3 Å². The summed E-state index contributed by atoms with van der Waals surface area (Å²) in [5, 5.41) is 14.5. The van der Waals surface area contributed by atoms with Crippen LogP contribution in [0, 0.1) is 12.8 Å². The number of carbonyl (C=O) groups excluding carboxylic acids is 2. The van der Waals surface area contributed by atoms with Gasteiger partial charge in [-0.2, -0.15) is 0 Å². The lowest BCUT2D eigenvalue weighted by molar-refractivity contribution is -0.140. The minimum atomic E-state index is -1.07. The van der Waals surface area contributed by atoms with Crippen LogP contribution < -0.4 is 15.5 Å². The predicted molar refractivity (Wildman–Crippen MR) is 85.7 cm³/mol. The highest BCUT2D eigenvalue weighted by Gasteiger charge is 2.27. The van der Waals surface area contributed by atoms with Crippen LogP contribution in [-0.4, -0.2) is 42.1 Å². The largest absolute Gasteiger partial charge is 0.480 e. The van der Waals surface area contributed by atoms with Gasteiger partial charge in [-0.25, -0.2) is 9.59 Å². The van der Waals surface area contributed by atoms with Crippen LogP contribution in [0.5, 0.6) is 0 Å². The normalized spacial score (nSPS) is 15.5. The van der Waals surface area contributed by atoms with E-state index >= 15 is 0 Å². The van der Waals surface area contributed by atoms with Gasteiger partial charge in [0.25, 0.3) is 5.91 Å². The second-order valence-electron chi connectivity index (χ2n) is 5.87. The van der Waals surface area contributed by atoms with Crippen LogP contribution in [0.2, 0.25) is 0 Å². The number of amides is 3. The number of urea groups is 1. The van der Waals surface area contributed by atoms with Gasteiger partial charge in [0.2, 0.25) is 0 Å². The average Bonchev–Trinajstić information content (AvgIpc) is 2.90. The van der Waals surface area contributed by atoms with E-state index < -0.39 is 17.9 Å². The van der Waals surface area contributed by atoms with Crippen molar-refractivity contribution in [3.8, 4) is 0 Å². The van der Waals surface area contributed by atoms with Gasteiger partial charge in [0.1, 0.15) is 6.04 Å². The van der Waals surface area contributed by atoms with Gasteiger partial charge in [-0.05, 0) is 30.5 Å². The topological polar surface area (TPSA) is 98.7 Å². The Balaban J connectivity index is 2.28. The Morgan fingerprint density at radius 2 is 2.04 bits per heavy atom. The fourth-order valence-electron chi connectivity index (χ4n) is 2.60. The van der Waals surface area contributed by atoms with Crippen molar-refractivity contribution in [3.05, 3.63) is 29.3 Å². The summed E-state index contributed by atoms with van der Waals surface area (Å²) in [4.78, 5) is 37.0. The molecule has 0 spiro atoms. The van der Waals surface area contributed by atoms with Gasteiger partial charge < -0.3 is 15.7 Å². The second kappa shape index (κ2) is 6.68. The third kappa shape index (κ3) is 3.44. The molecule has 1 aromatic rings. The molecule has 1 heterocycles. The summed E-state index contributed by atoms with van der Waals surface area (Å²) in [6, 6.07) is 3.93. The van der Waals surface area contributed by atoms with E-state index in [0.29, 0.717) is 29.9 Å². The number of nitrogens with one attached hydrogen (secondary N) is 2. The molecule has 1 aliphatic rings. The van der Waals surface area contributed by atoms with Crippen molar-refractivity contribution < 1.29 is 19.5 Å². The third-order valence-electron chi connectivity index (χ3n) is 3.92. The molecule has 1 fully saturated rings. The molecule has 7 nitrogen and oxygen atoms in total. The van der Waals surface area contributed by atoms with E-state index in [-0.39, 0.29) is 11.9 Å². The van der Waals surface area contributed by atoms with Gasteiger partial charge in [0.15, 0.2) is 0 Å². The predicted octanol–water partition coefficient (Wildman–Crippen LogP) is 1.36. The first-order chi connectivity index (χ1) is 10.8. The second-order valence-corrected chi connectivity index (χ2v) is 5.87. The zero-order chi connectivity index (χ0) is 17.1. The monoisotopic (exact) mass is 319 g/mol. The lowest BCUT2D eigenvalue weighted by Gasteiger charge is -2.21. The number of nitrogens with zero attached hydrogens (tertiary/aromatic N) is 1. The fraction of sp³-hybridized carbons (Fsp3) is 0.438. The summed E-state index contributed by atoms with van der Waals surface area (Å²) < 4.78 is 0. The molecule has 0 radical (unpaired) electrons. The minimum Gasteiger partial charge on any atom is -0.480 e. The van der Waals surface area contributed by atoms with Crippen molar-refractivity contribution in [3.63, 3.8) is 0 Å². The Morgan fingerprint density at radius 1 is 1.35 bits per heavy atom. The Labute approximate surface area is 134 Å². The van der Waals surface area contributed by atoms with Crippen LogP contribution in [-0.2, 0) is 4.79 Å². The van der Waals surface area contributed by atoms with Crippen LogP contribution in [0.15, 0.2) is 18.2 Å². The molecule has 1 aromatic carbocycles. The summed E-state index contributed by atoms with van der Waals surface area (Å²) in [6.07, 6.45) is 0. The molecule has 1 saturated heterocycles. The van der Waals surface area contributed by atoms with E-state index in [0.717, 1.165) is 0 Å². The number of hydrogen-bond acceptors (Lipinski definition) is 3. The van der Waals surface area contributed by atoms with Gasteiger partial charge in [-0.15, -0.1) is 0 Å². The highest BCUT2D eigenvalue weighted by molar-refractivity contribution is 6.01. The Hall–Kier alpha value is -2.57. The zero-order valence-electron chi connectivity index (χ0n) is 13.4. The van der Waals surface area contributed by atoms with Crippen LogP contribution in [0.3, 0.4) is 0 Å². The lowest BCUT2D eigenvalue weighted by Crippen LogP contribution is -2.44. The van der Waals surface area contributed by atoms with Gasteiger partial charge in [-0.3, -0.25) is 9.69 Å². The smallest absolute Gasteiger partial charge is 0.326 e. The van der Waals surface area contributed by atoms with E-state index in [1.165, 1.54) is 0 Å². The number of aliphatic carboxylic acids is 1. The summed E-state index contributed by atoms with van der Waals surface area (Å²) in [5.41, 5.74) is 1.67. The number of carbonyl (C=O) groups is 3. The van der Waals surface area contributed by atoms with Crippen molar-refractivity contribution in [2.75, 3.05) is 18.0 Å². The third-order valence-corrected chi connectivity index (χ3v) is 3.92. The first-order valence-corrected chi connectivity index (χ1v) is 7.51. The highest BCUT2D eigenvalue weighted by Crippen LogP contribution is 2.24. The molecule has 2 rings (SSSR count). The van der Waals surface area contributed by atoms with E-state index in [1.807, 2.05) is 0 Å². The van der Waals surface area contributed by atoms with Gasteiger partial charge in [0.05, 0.1) is 0 Å². The van der Waals surface area contributed by atoms with Crippen molar-refractivity contribution in [2.45, 2.75) is 26.8 Å². The maximum absolute atomic E-state index is 12.4. The zero-order valence-corrected chi connectivity index (χ0v) is 13.4. The first kappa shape index (κ1) is 16.8. The molecule has 0 aliphatic carbocycles. The van der Waals surface area contributed by atoms with Crippen LogP contribution in [0.1, 0.15) is 29.8 Å². The standard InChI is InChI=1S/C16H21N3O4/c1-9(2)13(15(21)22)18-14(20)11-5-4-6-12(10(11)3)19-8-7-17-16(19)23/h4-6,9,13H,7-8H2,1-3H3,(H,17,23)(H,18,20)(H,21,22)/t13-/m1/s1. The molecule has 1 atom stereocenters. The summed E-state index contributed by atoms with van der Waals surface area (Å²) in [5.74, 6) is -1.75. The van der Waals surface area contributed by atoms with E-state index in [2.05, 4.69) is 10.6 Å². The van der Waals surface area contributed by atoms with E-state index in [4.69, 9.17) is 0 Å². The van der Waals surface area contributed by atoms with Crippen molar-refractivity contribution in [2.24, 2.45) is 5.92 Å². The lowest BCUT2D eigenvalue weighted by atomic mass is 10.0. The molecule has 0 bridgehead atoms. The summed E-state index contributed by atoms with van der Waals surface area (Å²) in [6.45, 7) is 6.31. The summed E-state index contributed by atoms with van der Waals surface area (Å²) >= 11 is 0. The Morgan fingerprint density at radius 3 is 2.57 bits per heavy atom. The quantitative estimate of drug-likeness (QED) is 0.763. The number of hydrogen-bond donors (Lipinski definition) is 3. The summed E-state index contributed by atoms with van der Waals surface area (Å²) in [7, 11) is 0. The van der Waals surface area contributed by atoms with Crippen LogP contribution >= 0.6 is 0 Å². The highest BCUT2D eigenvalue weighted by atomic mass is 16.4. The Kier molecular flexibility index (Phi) is 4.88. The minimum absolute atomic E-state index is 0.198. The van der Waals surface area contributed by atoms with Crippen LogP contribution in [0.25, 0.3) is 0 Å². The maximum Gasteiger partial charge on any atom is 0.326 e.